The molecule has 0 unspecified atom stereocenters. The Morgan fingerprint density at radius 3 is 0.745 bits per heavy atom. The maximum Gasteiger partial charge on any atom is 0.226 e. The van der Waals surface area contributed by atoms with Crippen molar-refractivity contribution in [1.29, 1.82) is 0 Å². The first kappa shape index (κ1) is 47.5. The maximum atomic E-state index is 13.6. The van der Waals surface area contributed by atoms with Crippen LogP contribution in [0.2, 0.25) is 0 Å². The topological polar surface area (TPSA) is 330 Å². The standard InChI is InChI=1S/C31H66N14O6/c1-31(2,3)24(4-6-25(46)40(12-8-27(48)42(16-32)17-33)13-9-28(49)43(18-34)19-35)5-7-26(47)41(14-10-29(50)44(20-36)21-37)15-11-30(51)45(22-38)23-39/h24H,4-23,32-39H2,1-3H3. The van der Waals surface area contributed by atoms with Gasteiger partial charge in [0.1, 0.15) is 0 Å². The summed E-state index contributed by atoms with van der Waals surface area (Å²) in [6.07, 6.45) is 0.900. The number of rotatable bonds is 26. The minimum absolute atomic E-state index is 0.0352. The number of amides is 6. The highest BCUT2D eigenvalue weighted by Crippen LogP contribution is 2.34. The molecule has 0 aromatic carbocycles. The zero-order valence-corrected chi connectivity index (χ0v) is 31.0. The summed E-state index contributed by atoms with van der Waals surface area (Å²) in [6.45, 7) is 5.69. The van der Waals surface area contributed by atoms with Crippen LogP contribution in [0.5, 0.6) is 0 Å². The normalized spacial score (nSPS) is 11.3. The Balaban J connectivity index is 5.81. The minimum Gasteiger partial charge on any atom is -0.342 e. The third-order valence-corrected chi connectivity index (χ3v) is 8.90. The number of carbonyl (C=O) groups is 6. The Hall–Kier alpha value is -3.50. The fourth-order valence-electron chi connectivity index (χ4n) is 5.31. The van der Waals surface area contributed by atoms with E-state index in [-0.39, 0.29) is 165 Å². The van der Waals surface area contributed by atoms with E-state index < -0.39 is 0 Å². The van der Waals surface area contributed by atoms with Gasteiger partial charge < -0.3 is 75.3 Å². The summed E-state index contributed by atoms with van der Waals surface area (Å²) in [5.41, 5.74) is 44.5. The van der Waals surface area contributed by atoms with Crippen molar-refractivity contribution in [2.45, 2.75) is 72.1 Å². The third-order valence-electron chi connectivity index (χ3n) is 8.90. The van der Waals surface area contributed by atoms with Crippen molar-refractivity contribution in [2.75, 3.05) is 79.5 Å². The van der Waals surface area contributed by atoms with Gasteiger partial charge in [-0.15, -0.1) is 0 Å². The number of nitrogens with zero attached hydrogens (tertiary/aromatic N) is 6. The Morgan fingerprint density at radius 1 is 0.373 bits per heavy atom. The second-order valence-electron chi connectivity index (χ2n) is 13.1. The Labute approximate surface area is 302 Å². The van der Waals surface area contributed by atoms with Gasteiger partial charge in [0.15, 0.2) is 0 Å². The average molecular weight is 731 g/mol. The molecule has 0 saturated heterocycles. The number of carbonyl (C=O) groups excluding carboxylic acids is 6. The molecule has 0 atom stereocenters. The van der Waals surface area contributed by atoms with E-state index in [1.165, 1.54) is 29.4 Å². The molecule has 0 aliphatic rings. The summed E-state index contributed by atoms with van der Waals surface area (Å²) in [6, 6.07) is 0. The van der Waals surface area contributed by atoms with E-state index in [2.05, 4.69) is 0 Å². The van der Waals surface area contributed by atoms with Crippen LogP contribution in [0.1, 0.15) is 72.1 Å². The van der Waals surface area contributed by atoms with Crippen LogP contribution in [0.3, 0.4) is 0 Å². The zero-order chi connectivity index (χ0) is 39.1. The summed E-state index contributed by atoms with van der Waals surface area (Å²) in [5, 5.41) is 0. The molecule has 0 rings (SSSR count). The van der Waals surface area contributed by atoms with Crippen molar-refractivity contribution >= 4 is 35.4 Å². The lowest BCUT2D eigenvalue weighted by atomic mass is 9.75. The fraction of sp³-hybridized carbons (Fsp3) is 0.806. The molecule has 0 aromatic rings. The van der Waals surface area contributed by atoms with Crippen molar-refractivity contribution in [3.05, 3.63) is 0 Å². The third kappa shape index (κ3) is 17.5. The smallest absolute Gasteiger partial charge is 0.226 e. The first-order valence-corrected chi connectivity index (χ1v) is 17.4. The van der Waals surface area contributed by atoms with E-state index in [0.717, 1.165) is 0 Å². The van der Waals surface area contributed by atoms with Crippen LogP contribution in [0.4, 0.5) is 0 Å². The predicted octanol–water partition coefficient (Wildman–Crippen LogP) is -3.93. The first-order chi connectivity index (χ1) is 24.1. The van der Waals surface area contributed by atoms with Crippen LogP contribution in [-0.4, -0.2) is 144 Å². The van der Waals surface area contributed by atoms with Crippen LogP contribution >= 0.6 is 0 Å². The SMILES string of the molecule is CC(C)(C)C(CCC(=O)N(CCC(=O)N(CN)CN)CCC(=O)N(CN)CN)CCC(=O)N(CCC(=O)N(CN)CN)CCC(=O)N(CN)CN. The van der Waals surface area contributed by atoms with Gasteiger partial charge in [-0.2, -0.15) is 0 Å². The van der Waals surface area contributed by atoms with Gasteiger partial charge in [-0.05, 0) is 24.2 Å². The van der Waals surface area contributed by atoms with Crippen molar-refractivity contribution in [2.24, 2.45) is 57.2 Å². The van der Waals surface area contributed by atoms with Crippen LogP contribution in [0.25, 0.3) is 0 Å². The van der Waals surface area contributed by atoms with Crippen LogP contribution < -0.4 is 45.9 Å². The summed E-state index contributed by atoms with van der Waals surface area (Å²) in [5.74, 6) is -1.93. The van der Waals surface area contributed by atoms with Crippen molar-refractivity contribution in [3.8, 4) is 0 Å². The summed E-state index contributed by atoms with van der Waals surface area (Å²) >= 11 is 0. The molecular formula is C31H66N14O6. The molecule has 20 heteroatoms. The van der Waals surface area contributed by atoms with Crippen LogP contribution in [0, 0.1) is 11.3 Å². The Kier molecular flexibility index (Phi) is 23.7. The Bertz CT molecular complexity index is 944. The van der Waals surface area contributed by atoms with E-state index in [1.54, 1.807) is 0 Å². The monoisotopic (exact) mass is 731 g/mol. The van der Waals surface area contributed by atoms with Gasteiger partial charge >= 0.3 is 0 Å². The molecule has 16 N–H and O–H groups in total. The van der Waals surface area contributed by atoms with Crippen molar-refractivity contribution in [1.82, 2.24) is 29.4 Å². The van der Waals surface area contributed by atoms with E-state index >= 15 is 0 Å². The quantitative estimate of drug-likeness (QED) is 0.0394. The number of nitrogens with two attached hydrogens (primary N) is 8. The van der Waals surface area contributed by atoms with Crippen LogP contribution in [-0.2, 0) is 28.8 Å². The van der Waals surface area contributed by atoms with E-state index in [9.17, 15) is 28.8 Å². The molecule has 6 amide bonds. The summed E-state index contributed by atoms with van der Waals surface area (Å²) in [7, 11) is 0. The summed E-state index contributed by atoms with van der Waals surface area (Å²) < 4.78 is 0. The highest BCUT2D eigenvalue weighted by Gasteiger charge is 2.29. The first-order valence-electron chi connectivity index (χ1n) is 17.4. The molecule has 0 heterocycles. The molecule has 0 radical (unpaired) electrons. The predicted molar refractivity (Wildman–Crippen MR) is 193 cm³/mol. The highest BCUT2D eigenvalue weighted by molar-refractivity contribution is 5.82. The summed E-state index contributed by atoms with van der Waals surface area (Å²) in [4.78, 5) is 85.4. The molecular weight excluding hydrogens is 664 g/mol. The molecule has 20 nitrogen and oxygen atoms in total. The highest BCUT2D eigenvalue weighted by atomic mass is 16.2. The van der Waals surface area contributed by atoms with E-state index in [0.29, 0.717) is 12.8 Å². The molecule has 51 heavy (non-hydrogen) atoms. The number of hydrogen-bond donors (Lipinski definition) is 8. The Morgan fingerprint density at radius 2 is 0.569 bits per heavy atom. The van der Waals surface area contributed by atoms with E-state index in [4.69, 9.17) is 45.9 Å². The maximum absolute atomic E-state index is 13.6. The lowest BCUT2D eigenvalue weighted by molar-refractivity contribution is -0.137. The van der Waals surface area contributed by atoms with Gasteiger partial charge in [0.2, 0.25) is 35.4 Å². The van der Waals surface area contributed by atoms with Gasteiger partial charge in [-0.25, -0.2) is 0 Å². The molecule has 0 fully saturated rings. The lowest BCUT2D eigenvalue weighted by Gasteiger charge is -2.33. The van der Waals surface area contributed by atoms with Crippen molar-refractivity contribution in [3.63, 3.8) is 0 Å². The lowest BCUT2D eigenvalue weighted by Crippen LogP contribution is -2.44. The second kappa shape index (κ2) is 25.5. The van der Waals surface area contributed by atoms with Gasteiger partial charge in [-0.3, -0.25) is 28.8 Å². The van der Waals surface area contributed by atoms with E-state index in [1.807, 2.05) is 20.8 Å². The fourth-order valence-corrected chi connectivity index (χ4v) is 5.31. The molecule has 0 bridgehead atoms. The van der Waals surface area contributed by atoms with Gasteiger partial charge in [0.25, 0.3) is 0 Å². The molecule has 0 aliphatic heterocycles. The average Bonchev–Trinajstić information content (AvgIpc) is 3.09. The molecule has 296 valence electrons. The second-order valence-corrected chi connectivity index (χ2v) is 13.1. The van der Waals surface area contributed by atoms with Crippen LogP contribution in [0.15, 0.2) is 0 Å². The largest absolute Gasteiger partial charge is 0.342 e. The van der Waals surface area contributed by atoms with Gasteiger partial charge in [0, 0.05) is 64.7 Å². The molecule has 0 aliphatic carbocycles. The molecule has 0 aromatic heterocycles. The zero-order valence-electron chi connectivity index (χ0n) is 31.0. The van der Waals surface area contributed by atoms with Gasteiger partial charge in [-0.1, -0.05) is 20.8 Å². The minimum atomic E-state index is -0.328. The van der Waals surface area contributed by atoms with Gasteiger partial charge in [0.05, 0.1) is 53.3 Å². The molecule has 0 saturated carbocycles. The molecule has 0 spiro atoms. The number of hydrogen-bond acceptors (Lipinski definition) is 14. The van der Waals surface area contributed by atoms with Crippen molar-refractivity contribution < 1.29 is 28.8 Å².